The molecule has 0 aliphatic carbocycles. The Morgan fingerprint density at radius 3 is 2.59 bits per heavy atom. The van der Waals surface area contributed by atoms with Gasteiger partial charge in [-0.05, 0) is 18.1 Å². The molecule has 1 aromatic heterocycles. The molecule has 1 saturated heterocycles. The highest BCUT2D eigenvalue weighted by Crippen LogP contribution is 2.23. The van der Waals surface area contributed by atoms with E-state index in [0.717, 1.165) is 21.4 Å². The third kappa shape index (κ3) is 2.47. The van der Waals surface area contributed by atoms with Crippen LogP contribution in [0.15, 0.2) is 30.5 Å². The van der Waals surface area contributed by atoms with Crippen LogP contribution in [0.25, 0.3) is 10.9 Å². The number of nitrogens with one attached hydrogen (secondary N) is 1. The first-order valence-electron chi connectivity index (χ1n) is 7.20. The zero-order valence-corrected chi connectivity index (χ0v) is 11.9. The van der Waals surface area contributed by atoms with Gasteiger partial charge in [0, 0.05) is 36.4 Å². The molecular weight excluding hydrogens is 284 g/mol. The van der Waals surface area contributed by atoms with Crippen LogP contribution in [-0.4, -0.2) is 38.8 Å². The van der Waals surface area contributed by atoms with Gasteiger partial charge in [-0.1, -0.05) is 18.2 Å². The smallest absolute Gasteiger partial charge is 0.327 e. The number of amides is 2. The van der Waals surface area contributed by atoms with Gasteiger partial charge >= 0.3 is 5.97 Å². The van der Waals surface area contributed by atoms with Crippen molar-refractivity contribution in [1.82, 2.24) is 9.88 Å². The number of hydrogen-bond donors (Lipinski definition) is 2. The van der Waals surface area contributed by atoms with E-state index >= 15 is 0 Å². The van der Waals surface area contributed by atoms with Gasteiger partial charge in [0.25, 0.3) is 0 Å². The van der Waals surface area contributed by atoms with Crippen LogP contribution in [0.4, 0.5) is 0 Å². The Morgan fingerprint density at radius 2 is 1.91 bits per heavy atom. The molecule has 0 saturated carbocycles. The first kappa shape index (κ1) is 14.3. The Kier molecular flexibility index (Phi) is 3.66. The molecule has 0 spiro atoms. The Balaban J connectivity index is 1.93. The quantitative estimate of drug-likeness (QED) is 0.841. The predicted molar refractivity (Wildman–Crippen MR) is 79.1 cm³/mol. The minimum atomic E-state index is -1.16. The van der Waals surface area contributed by atoms with E-state index in [2.05, 4.69) is 4.98 Å². The number of benzene rings is 1. The van der Waals surface area contributed by atoms with Crippen LogP contribution < -0.4 is 0 Å². The van der Waals surface area contributed by atoms with Gasteiger partial charge in [0.2, 0.25) is 11.8 Å². The summed E-state index contributed by atoms with van der Waals surface area (Å²) < 4.78 is 0. The number of fused-ring (bicyclic) bond motifs is 1. The second-order valence-electron chi connectivity index (χ2n) is 5.43. The van der Waals surface area contributed by atoms with Crippen molar-refractivity contribution in [2.45, 2.75) is 31.7 Å². The molecule has 1 aliphatic rings. The normalized spacial score (nSPS) is 17.0. The first-order chi connectivity index (χ1) is 10.6. The highest BCUT2D eigenvalue weighted by Gasteiger charge is 2.37. The van der Waals surface area contributed by atoms with Crippen molar-refractivity contribution in [2.24, 2.45) is 0 Å². The number of hydrogen-bond acceptors (Lipinski definition) is 3. The van der Waals surface area contributed by atoms with Crippen LogP contribution in [0.5, 0.6) is 0 Å². The summed E-state index contributed by atoms with van der Waals surface area (Å²) in [4.78, 5) is 39.5. The molecular formula is C16H16N2O4. The van der Waals surface area contributed by atoms with Gasteiger partial charge in [-0.3, -0.25) is 14.5 Å². The lowest BCUT2D eigenvalue weighted by Crippen LogP contribution is -2.51. The van der Waals surface area contributed by atoms with Crippen molar-refractivity contribution in [2.75, 3.05) is 0 Å². The maximum absolute atomic E-state index is 12.0. The fourth-order valence-electron chi connectivity index (χ4n) is 2.92. The summed E-state index contributed by atoms with van der Waals surface area (Å²) in [6.45, 7) is 0. The largest absolute Gasteiger partial charge is 0.480 e. The molecule has 6 nitrogen and oxygen atoms in total. The molecule has 6 heteroatoms. The van der Waals surface area contributed by atoms with Crippen molar-refractivity contribution in [1.29, 1.82) is 0 Å². The highest BCUT2D eigenvalue weighted by molar-refractivity contribution is 6.01. The van der Waals surface area contributed by atoms with E-state index in [1.807, 2.05) is 24.3 Å². The minimum absolute atomic E-state index is 0.108. The molecule has 1 aliphatic heterocycles. The molecule has 22 heavy (non-hydrogen) atoms. The molecule has 2 heterocycles. The summed E-state index contributed by atoms with van der Waals surface area (Å²) in [6.07, 6.45) is 2.79. The third-order valence-corrected chi connectivity index (χ3v) is 4.00. The van der Waals surface area contributed by atoms with Crippen LogP contribution in [-0.2, 0) is 20.8 Å². The van der Waals surface area contributed by atoms with Crippen molar-refractivity contribution in [3.05, 3.63) is 36.0 Å². The number of aromatic amines is 1. The number of nitrogens with zero attached hydrogens (tertiary/aromatic N) is 1. The van der Waals surface area contributed by atoms with Gasteiger partial charge in [0.15, 0.2) is 0 Å². The summed E-state index contributed by atoms with van der Waals surface area (Å²) in [5, 5.41) is 10.4. The van der Waals surface area contributed by atoms with Gasteiger partial charge < -0.3 is 10.1 Å². The molecule has 1 aromatic carbocycles. The number of imide groups is 1. The summed E-state index contributed by atoms with van der Waals surface area (Å²) in [6, 6.07) is 6.38. The second-order valence-corrected chi connectivity index (χ2v) is 5.43. The standard InChI is InChI=1S/C16H16N2O4/c19-14-6-3-7-15(20)18(14)13(16(21)22)8-10-9-17-12-5-2-1-4-11(10)12/h1-2,4-5,9,13,17H,3,6-8H2,(H,21,22)/t13-/m0/s1. The Labute approximate surface area is 126 Å². The van der Waals surface area contributed by atoms with Crippen LogP contribution in [0.2, 0.25) is 0 Å². The van der Waals surface area contributed by atoms with Crippen LogP contribution >= 0.6 is 0 Å². The summed E-state index contributed by atoms with van der Waals surface area (Å²) in [7, 11) is 0. The lowest BCUT2D eigenvalue weighted by atomic mass is 10.0. The van der Waals surface area contributed by atoms with Gasteiger partial charge in [0.1, 0.15) is 6.04 Å². The molecule has 2 N–H and O–H groups in total. The zero-order valence-electron chi connectivity index (χ0n) is 11.9. The van der Waals surface area contributed by atoms with Gasteiger partial charge in [-0.15, -0.1) is 0 Å². The van der Waals surface area contributed by atoms with Crippen molar-refractivity contribution < 1.29 is 19.5 Å². The number of likely N-dealkylation sites (tertiary alicyclic amines) is 1. The van der Waals surface area contributed by atoms with Crippen LogP contribution in [0, 0.1) is 0 Å². The maximum Gasteiger partial charge on any atom is 0.327 e. The molecule has 0 radical (unpaired) electrons. The third-order valence-electron chi connectivity index (χ3n) is 4.00. The van der Waals surface area contributed by atoms with Gasteiger partial charge in [0.05, 0.1) is 0 Å². The molecule has 0 bridgehead atoms. The lowest BCUT2D eigenvalue weighted by molar-refractivity contribution is -0.160. The first-order valence-corrected chi connectivity index (χ1v) is 7.20. The van der Waals surface area contributed by atoms with Gasteiger partial charge in [-0.2, -0.15) is 0 Å². The highest BCUT2D eigenvalue weighted by atomic mass is 16.4. The fraction of sp³-hybridized carbons (Fsp3) is 0.312. The number of rotatable bonds is 4. The Morgan fingerprint density at radius 1 is 1.23 bits per heavy atom. The van der Waals surface area contributed by atoms with E-state index in [-0.39, 0.29) is 19.3 Å². The molecule has 3 rings (SSSR count). The van der Waals surface area contributed by atoms with Crippen molar-refractivity contribution >= 4 is 28.7 Å². The Bertz CT molecular complexity index is 733. The predicted octanol–water partition coefficient (Wildman–Crippen LogP) is 1.70. The summed E-state index contributed by atoms with van der Waals surface area (Å²) >= 11 is 0. The Hall–Kier alpha value is -2.63. The molecule has 1 fully saturated rings. The van der Waals surface area contributed by atoms with Crippen LogP contribution in [0.3, 0.4) is 0 Å². The average Bonchev–Trinajstić information content (AvgIpc) is 2.89. The minimum Gasteiger partial charge on any atom is -0.480 e. The number of H-pyrrole nitrogens is 1. The van der Waals surface area contributed by atoms with Crippen molar-refractivity contribution in [3.8, 4) is 0 Å². The number of carbonyl (C=O) groups excluding carboxylic acids is 2. The summed E-state index contributed by atoms with van der Waals surface area (Å²) in [5.41, 5.74) is 1.69. The number of carboxylic acid groups (broad SMARTS) is 1. The van der Waals surface area contributed by atoms with E-state index in [0.29, 0.717) is 6.42 Å². The van der Waals surface area contributed by atoms with E-state index in [4.69, 9.17) is 0 Å². The molecule has 0 unspecified atom stereocenters. The number of para-hydroxylation sites is 1. The molecule has 1 atom stereocenters. The molecule has 114 valence electrons. The molecule has 2 amide bonds. The average molecular weight is 300 g/mol. The number of carboxylic acids is 1. The lowest BCUT2D eigenvalue weighted by Gasteiger charge is -2.30. The molecule has 2 aromatic rings. The monoisotopic (exact) mass is 300 g/mol. The maximum atomic E-state index is 12.0. The number of aliphatic carboxylic acids is 1. The number of carbonyl (C=O) groups is 3. The number of piperidine rings is 1. The zero-order chi connectivity index (χ0) is 15.7. The van der Waals surface area contributed by atoms with E-state index < -0.39 is 23.8 Å². The second kappa shape index (κ2) is 5.63. The van der Waals surface area contributed by atoms with Gasteiger partial charge in [-0.25, -0.2) is 4.79 Å². The SMILES string of the molecule is O=C(O)[C@H](Cc1c[nH]c2ccccc12)N1C(=O)CCCC1=O. The number of aromatic nitrogens is 1. The van der Waals surface area contributed by atoms with Crippen molar-refractivity contribution in [3.63, 3.8) is 0 Å². The van der Waals surface area contributed by atoms with E-state index in [9.17, 15) is 19.5 Å². The topological polar surface area (TPSA) is 90.5 Å². The van der Waals surface area contributed by atoms with E-state index in [1.165, 1.54) is 0 Å². The fourth-order valence-corrected chi connectivity index (χ4v) is 2.92. The summed E-state index contributed by atoms with van der Waals surface area (Å²) in [5.74, 6) is -1.96. The van der Waals surface area contributed by atoms with Crippen LogP contribution in [0.1, 0.15) is 24.8 Å². The van der Waals surface area contributed by atoms with E-state index in [1.54, 1.807) is 6.20 Å².